The molecular formula is C20H28N2O5. The van der Waals surface area contributed by atoms with E-state index in [2.05, 4.69) is 5.32 Å². The molecule has 2 atom stereocenters. The number of hydrogen-bond acceptors (Lipinski definition) is 5. The summed E-state index contributed by atoms with van der Waals surface area (Å²) in [4.78, 5) is 26.4. The van der Waals surface area contributed by atoms with E-state index in [1.807, 2.05) is 18.2 Å². The normalized spacial score (nSPS) is 22.1. The Labute approximate surface area is 160 Å². The van der Waals surface area contributed by atoms with Gasteiger partial charge in [0.15, 0.2) is 11.5 Å². The third-order valence-electron chi connectivity index (χ3n) is 5.23. The van der Waals surface area contributed by atoms with Gasteiger partial charge in [0.1, 0.15) is 0 Å². The molecule has 2 fully saturated rings. The zero-order valence-electron chi connectivity index (χ0n) is 16.0. The predicted octanol–water partition coefficient (Wildman–Crippen LogP) is 1.39. The van der Waals surface area contributed by atoms with Gasteiger partial charge in [0.2, 0.25) is 11.8 Å². The maximum absolute atomic E-state index is 12.3. The van der Waals surface area contributed by atoms with Crippen molar-refractivity contribution in [2.75, 3.05) is 40.5 Å². The molecule has 1 N–H and O–H groups in total. The molecule has 0 radical (unpaired) electrons. The number of hydrogen-bond donors (Lipinski definition) is 1. The van der Waals surface area contributed by atoms with Gasteiger partial charge < -0.3 is 24.4 Å². The highest BCUT2D eigenvalue weighted by molar-refractivity contribution is 5.89. The van der Waals surface area contributed by atoms with E-state index in [1.165, 1.54) is 0 Å². The second-order valence-corrected chi connectivity index (χ2v) is 7.06. The van der Waals surface area contributed by atoms with Gasteiger partial charge in [-0.3, -0.25) is 9.59 Å². The SMILES string of the molecule is COc1ccc(CCN2CC(C(=O)NCC3CCCO3)CC2=O)cc1OC. The monoisotopic (exact) mass is 376 g/mol. The minimum absolute atomic E-state index is 0.0349. The summed E-state index contributed by atoms with van der Waals surface area (Å²) in [5.41, 5.74) is 1.06. The molecule has 148 valence electrons. The van der Waals surface area contributed by atoms with Crippen LogP contribution in [0.5, 0.6) is 11.5 Å². The third kappa shape index (κ3) is 4.91. The van der Waals surface area contributed by atoms with Crippen molar-refractivity contribution in [3.63, 3.8) is 0 Å². The third-order valence-corrected chi connectivity index (χ3v) is 5.23. The molecule has 1 aromatic rings. The highest BCUT2D eigenvalue weighted by Gasteiger charge is 2.34. The number of benzene rings is 1. The zero-order chi connectivity index (χ0) is 19.2. The summed E-state index contributed by atoms with van der Waals surface area (Å²) in [6.07, 6.45) is 3.14. The van der Waals surface area contributed by atoms with Gasteiger partial charge in [-0.05, 0) is 37.0 Å². The first-order valence-electron chi connectivity index (χ1n) is 9.48. The second-order valence-electron chi connectivity index (χ2n) is 7.06. The summed E-state index contributed by atoms with van der Waals surface area (Å²) < 4.78 is 16.1. The molecule has 2 unspecified atom stereocenters. The van der Waals surface area contributed by atoms with Gasteiger partial charge in [0.05, 0.1) is 26.2 Å². The number of likely N-dealkylation sites (tertiary alicyclic amines) is 1. The number of ether oxygens (including phenoxy) is 3. The number of rotatable bonds is 8. The van der Waals surface area contributed by atoms with Crippen LogP contribution in [0, 0.1) is 5.92 Å². The molecule has 2 amide bonds. The molecule has 0 aliphatic carbocycles. The highest BCUT2D eigenvalue weighted by atomic mass is 16.5. The van der Waals surface area contributed by atoms with Crippen LogP contribution in [0.25, 0.3) is 0 Å². The molecule has 0 saturated carbocycles. The molecule has 0 spiro atoms. The van der Waals surface area contributed by atoms with Gasteiger partial charge in [0, 0.05) is 32.7 Å². The molecule has 0 aromatic heterocycles. The van der Waals surface area contributed by atoms with Crippen molar-refractivity contribution < 1.29 is 23.8 Å². The molecule has 2 aliphatic heterocycles. The fraction of sp³-hybridized carbons (Fsp3) is 0.600. The first kappa shape index (κ1) is 19.5. The lowest BCUT2D eigenvalue weighted by Gasteiger charge is -2.17. The van der Waals surface area contributed by atoms with Crippen LogP contribution >= 0.6 is 0 Å². The van der Waals surface area contributed by atoms with Gasteiger partial charge in [-0.25, -0.2) is 0 Å². The summed E-state index contributed by atoms with van der Waals surface area (Å²) in [7, 11) is 3.20. The smallest absolute Gasteiger partial charge is 0.225 e. The number of methoxy groups -OCH3 is 2. The summed E-state index contributed by atoms with van der Waals surface area (Å²) in [6.45, 7) is 2.37. The minimum Gasteiger partial charge on any atom is -0.493 e. The van der Waals surface area contributed by atoms with Crippen molar-refractivity contribution >= 4 is 11.8 Å². The van der Waals surface area contributed by atoms with Crippen LogP contribution in [0.2, 0.25) is 0 Å². The molecule has 2 heterocycles. The van der Waals surface area contributed by atoms with Crippen LogP contribution in [-0.2, 0) is 20.7 Å². The molecule has 0 bridgehead atoms. The van der Waals surface area contributed by atoms with Crippen molar-refractivity contribution in [1.82, 2.24) is 10.2 Å². The maximum Gasteiger partial charge on any atom is 0.225 e. The van der Waals surface area contributed by atoms with Crippen molar-refractivity contribution in [1.29, 1.82) is 0 Å². The van der Waals surface area contributed by atoms with Crippen molar-refractivity contribution in [3.05, 3.63) is 23.8 Å². The molecule has 7 heteroatoms. The largest absolute Gasteiger partial charge is 0.493 e. The Balaban J connectivity index is 1.48. The van der Waals surface area contributed by atoms with Crippen molar-refractivity contribution in [2.45, 2.75) is 31.8 Å². The Hall–Kier alpha value is -2.28. The van der Waals surface area contributed by atoms with E-state index in [-0.39, 0.29) is 30.3 Å². The van der Waals surface area contributed by atoms with E-state index in [9.17, 15) is 9.59 Å². The lowest BCUT2D eigenvalue weighted by molar-refractivity contribution is -0.129. The van der Waals surface area contributed by atoms with E-state index in [0.29, 0.717) is 37.6 Å². The fourth-order valence-electron chi connectivity index (χ4n) is 3.63. The molecular weight excluding hydrogens is 348 g/mol. The topological polar surface area (TPSA) is 77.1 Å². The molecule has 2 aliphatic rings. The van der Waals surface area contributed by atoms with Crippen LogP contribution in [0.4, 0.5) is 0 Å². The number of carbonyl (C=O) groups excluding carboxylic acids is 2. The Morgan fingerprint density at radius 1 is 1.30 bits per heavy atom. The minimum atomic E-state index is -0.274. The Kier molecular flexibility index (Phi) is 6.55. The number of carbonyl (C=O) groups is 2. The Morgan fingerprint density at radius 2 is 2.11 bits per heavy atom. The number of nitrogens with zero attached hydrogens (tertiary/aromatic N) is 1. The van der Waals surface area contributed by atoms with Crippen LogP contribution in [0.3, 0.4) is 0 Å². The van der Waals surface area contributed by atoms with E-state index >= 15 is 0 Å². The van der Waals surface area contributed by atoms with E-state index in [1.54, 1.807) is 19.1 Å². The van der Waals surface area contributed by atoms with Gasteiger partial charge in [0.25, 0.3) is 0 Å². The first-order valence-corrected chi connectivity index (χ1v) is 9.48. The van der Waals surface area contributed by atoms with Crippen LogP contribution in [0.15, 0.2) is 18.2 Å². The quantitative estimate of drug-likeness (QED) is 0.742. The number of amides is 2. The summed E-state index contributed by atoms with van der Waals surface area (Å²) in [5, 5.41) is 2.94. The molecule has 7 nitrogen and oxygen atoms in total. The van der Waals surface area contributed by atoms with Gasteiger partial charge in [-0.1, -0.05) is 6.07 Å². The standard InChI is InChI=1S/C20H28N2O5/c1-25-17-6-5-14(10-18(17)26-2)7-8-22-13-15(11-19(22)23)20(24)21-12-16-4-3-9-27-16/h5-6,10,15-16H,3-4,7-9,11-13H2,1-2H3,(H,21,24). The summed E-state index contributed by atoms with van der Waals surface area (Å²) >= 11 is 0. The average molecular weight is 376 g/mol. The van der Waals surface area contributed by atoms with E-state index in [0.717, 1.165) is 25.0 Å². The van der Waals surface area contributed by atoms with Crippen LogP contribution in [-0.4, -0.2) is 63.3 Å². The highest BCUT2D eigenvalue weighted by Crippen LogP contribution is 2.28. The number of nitrogens with one attached hydrogen (secondary N) is 1. The van der Waals surface area contributed by atoms with Crippen LogP contribution < -0.4 is 14.8 Å². The van der Waals surface area contributed by atoms with Crippen molar-refractivity contribution in [3.8, 4) is 11.5 Å². The molecule has 27 heavy (non-hydrogen) atoms. The second kappa shape index (κ2) is 9.08. The Bertz CT molecular complexity index is 672. The lowest BCUT2D eigenvalue weighted by Crippen LogP contribution is -2.37. The summed E-state index contributed by atoms with van der Waals surface area (Å²) in [5.74, 6) is 1.07. The Morgan fingerprint density at radius 3 is 2.81 bits per heavy atom. The summed E-state index contributed by atoms with van der Waals surface area (Å²) in [6, 6.07) is 5.75. The molecule has 1 aromatic carbocycles. The van der Waals surface area contributed by atoms with Gasteiger partial charge >= 0.3 is 0 Å². The van der Waals surface area contributed by atoms with Crippen LogP contribution in [0.1, 0.15) is 24.8 Å². The van der Waals surface area contributed by atoms with E-state index in [4.69, 9.17) is 14.2 Å². The lowest BCUT2D eigenvalue weighted by atomic mass is 10.1. The predicted molar refractivity (Wildman–Crippen MR) is 99.9 cm³/mol. The maximum atomic E-state index is 12.3. The van der Waals surface area contributed by atoms with Gasteiger partial charge in [-0.15, -0.1) is 0 Å². The molecule has 2 saturated heterocycles. The molecule has 3 rings (SSSR count). The fourth-order valence-corrected chi connectivity index (χ4v) is 3.63. The average Bonchev–Trinajstić information content (AvgIpc) is 3.33. The zero-order valence-corrected chi connectivity index (χ0v) is 16.0. The van der Waals surface area contributed by atoms with Crippen molar-refractivity contribution in [2.24, 2.45) is 5.92 Å². The first-order chi connectivity index (χ1) is 13.1. The van der Waals surface area contributed by atoms with E-state index < -0.39 is 0 Å². The van der Waals surface area contributed by atoms with Gasteiger partial charge in [-0.2, -0.15) is 0 Å².